The minimum Gasteiger partial charge on any atom is -0.480 e. The van der Waals surface area contributed by atoms with Crippen molar-refractivity contribution in [3.8, 4) is 11.1 Å². The first-order valence-corrected chi connectivity index (χ1v) is 10.6. The molecule has 2 aromatic rings. The molecule has 1 aliphatic carbocycles. The van der Waals surface area contributed by atoms with Gasteiger partial charge in [0, 0.05) is 13.0 Å². The molecular weight excluding hydrogens is 428 g/mol. The van der Waals surface area contributed by atoms with E-state index in [2.05, 4.69) is 10.6 Å². The zero-order valence-electron chi connectivity index (χ0n) is 18.5. The van der Waals surface area contributed by atoms with Crippen molar-refractivity contribution in [2.75, 3.05) is 26.9 Å². The second kappa shape index (κ2) is 10.5. The molecule has 0 radical (unpaired) electrons. The molecule has 0 saturated heterocycles. The molecular formula is C24H28N2O7. The number of amides is 2. The van der Waals surface area contributed by atoms with Crippen LogP contribution in [0.25, 0.3) is 11.1 Å². The van der Waals surface area contributed by atoms with Crippen LogP contribution in [0.5, 0.6) is 0 Å². The highest BCUT2D eigenvalue weighted by Gasteiger charge is 2.41. The number of hydrogen-bond donors (Lipinski definition) is 4. The Hall–Kier alpha value is -3.43. The number of fused-ring (bicyclic) bond motifs is 3. The molecule has 9 heteroatoms. The zero-order valence-corrected chi connectivity index (χ0v) is 18.5. The van der Waals surface area contributed by atoms with E-state index in [1.807, 2.05) is 48.5 Å². The lowest BCUT2D eigenvalue weighted by Crippen LogP contribution is -2.63. The number of benzene rings is 2. The van der Waals surface area contributed by atoms with Crippen molar-refractivity contribution in [1.29, 1.82) is 0 Å². The Bertz CT molecular complexity index is 980. The number of carboxylic acids is 1. The van der Waals surface area contributed by atoms with Crippen LogP contribution in [0.15, 0.2) is 48.5 Å². The Balaban J connectivity index is 1.74. The molecule has 0 saturated carbocycles. The maximum atomic E-state index is 12.8. The monoisotopic (exact) mass is 456 g/mol. The van der Waals surface area contributed by atoms with E-state index < -0.39 is 36.2 Å². The van der Waals surface area contributed by atoms with Gasteiger partial charge in [-0.05, 0) is 28.7 Å². The quantitative estimate of drug-likeness (QED) is 0.429. The lowest BCUT2D eigenvalue weighted by atomic mass is 9.95. The summed E-state index contributed by atoms with van der Waals surface area (Å²) >= 11 is 0. The first kappa shape index (κ1) is 24.2. The summed E-state index contributed by atoms with van der Waals surface area (Å²) in [6.45, 7) is 0.704. The Morgan fingerprint density at radius 1 is 1.06 bits per heavy atom. The first-order chi connectivity index (χ1) is 15.9. The van der Waals surface area contributed by atoms with E-state index in [0.717, 1.165) is 22.3 Å². The van der Waals surface area contributed by atoms with Gasteiger partial charge in [0.15, 0.2) is 0 Å². The van der Waals surface area contributed by atoms with Crippen molar-refractivity contribution in [2.45, 2.75) is 30.8 Å². The SMILES string of the molecule is CCC(COC)(NC(=O)OCC1c2ccccc2-c2ccccc21)C(=O)N[C@H](CO)C(=O)O. The van der Waals surface area contributed by atoms with Crippen molar-refractivity contribution in [2.24, 2.45) is 0 Å². The number of aliphatic hydroxyl groups excluding tert-OH is 1. The summed E-state index contributed by atoms with van der Waals surface area (Å²) in [5.41, 5.74) is 2.71. The minimum absolute atomic E-state index is 0.0582. The largest absolute Gasteiger partial charge is 0.480 e. The lowest BCUT2D eigenvalue weighted by Gasteiger charge is -2.32. The van der Waals surface area contributed by atoms with Gasteiger partial charge in [0.05, 0.1) is 13.2 Å². The van der Waals surface area contributed by atoms with Gasteiger partial charge < -0.3 is 30.3 Å². The number of aliphatic carboxylic acids is 1. The fourth-order valence-electron chi connectivity index (χ4n) is 4.07. The molecule has 0 aliphatic heterocycles. The van der Waals surface area contributed by atoms with Gasteiger partial charge in [-0.25, -0.2) is 9.59 Å². The highest BCUT2D eigenvalue weighted by molar-refractivity contribution is 5.93. The predicted molar refractivity (Wildman–Crippen MR) is 120 cm³/mol. The Labute approximate surface area is 191 Å². The van der Waals surface area contributed by atoms with E-state index in [1.54, 1.807) is 6.92 Å². The molecule has 2 atom stereocenters. The molecule has 176 valence electrons. The summed E-state index contributed by atoms with van der Waals surface area (Å²) in [6.07, 6.45) is -0.726. The van der Waals surface area contributed by atoms with Crippen LogP contribution in [0, 0.1) is 0 Å². The molecule has 0 bridgehead atoms. The van der Waals surface area contributed by atoms with E-state index in [4.69, 9.17) is 14.6 Å². The highest BCUT2D eigenvalue weighted by Crippen LogP contribution is 2.44. The number of rotatable bonds is 10. The van der Waals surface area contributed by atoms with Crippen LogP contribution in [0.4, 0.5) is 4.79 Å². The van der Waals surface area contributed by atoms with Gasteiger partial charge in [-0.2, -0.15) is 0 Å². The summed E-state index contributed by atoms with van der Waals surface area (Å²) < 4.78 is 10.6. The van der Waals surface area contributed by atoms with Gasteiger partial charge in [-0.3, -0.25) is 4.79 Å². The van der Waals surface area contributed by atoms with Gasteiger partial charge in [0.1, 0.15) is 18.2 Å². The number of carbonyl (C=O) groups is 3. The number of nitrogens with one attached hydrogen (secondary N) is 2. The van der Waals surface area contributed by atoms with Gasteiger partial charge in [-0.1, -0.05) is 55.5 Å². The third kappa shape index (κ3) is 4.99. The molecule has 0 fully saturated rings. The summed E-state index contributed by atoms with van der Waals surface area (Å²) in [4.78, 5) is 36.8. The summed E-state index contributed by atoms with van der Waals surface area (Å²) in [7, 11) is 1.36. The second-order valence-electron chi connectivity index (χ2n) is 7.87. The molecule has 9 nitrogen and oxygen atoms in total. The van der Waals surface area contributed by atoms with E-state index >= 15 is 0 Å². The van der Waals surface area contributed by atoms with Crippen LogP contribution in [-0.4, -0.2) is 66.7 Å². The molecule has 2 amide bonds. The smallest absolute Gasteiger partial charge is 0.408 e. The van der Waals surface area contributed by atoms with Crippen molar-refractivity contribution < 1.29 is 34.1 Å². The Morgan fingerprint density at radius 3 is 2.12 bits per heavy atom. The molecule has 3 rings (SSSR count). The third-order valence-electron chi connectivity index (χ3n) is 5.90. The maximum absolute atomic E-state index is 12.8. The van der Waals surface area contributed by atoms with Crippen LogP contribution in [0.2, 0.25) is 0 Å². The second-order valence-corrected chi connectivity index (χ2v) is 7.87. The van der Waals surface area contributed by atoms with Crippen LogP contribution in [0.1, 0.15) is 30.4 Å². The van der Waals surface area contributed by atoms with E-state index in [1.165, 1.54) is 7.11 Å². The van der Waals surface area contributed by atoms with E-state index in [0.29, 0.717) is 0 Å². The fourth-order valence-corrected chi connectivity index (χ4v) is 4.07. The van der Waals surface area contributed by atoms with Crippen molar-refractivity contribution >= 4 is 18.0 Å². The first-order valence-electron chi connectivity index (χ1n) is 10.6. The molecule has 1 unspecified atom stereocenters. The van der Waals surface area contributed by atoms with Gasteiger partial charge in [0.2, 0.25) is 5.91 Å². The topological polar surface area (TPSA) is 134 Å². The fraction of sp³-hybridized carbons (Fsp3) is 0.375. The number of carbonyl (C=O) groups excluding carboxylic acids is 2. The van der Waals surface area contributed by atoms with Crippen molar-refractivity contribution in [3.63, 3.8) is 0 Å². The average Bonchev–Trinajstić information content (AvgIpc) is 3.14. The molecule has 0 aromatic heterocycles. The van der Waals surface area contributed by atoms with E-state index in [9.17, 15) is 19.5 Å². The summed E-state index contributed by atoms with van der Waals surface area (Å²) in [5, 5.41) is 23.1. The molecule has 1 aliphatic rings. The van der Waals surface area contributed by atoms with Gasteiger partial charge in [-0.15, -0.1) is 0 Å². The van der Waals surface area contributed by atoms with Crippen LogP contribution < -0.4 is 10.6 Å². The van der Waals surface area contributed by atoms with E-state index in [-0.39, 0.29) is 25.6 Å². The molecule has 0 heterocycles. The van der Waals surface area contributed by atoms with Gasteiger partial charge in [0.25, 0.3) is 0 Å². The van der Waals surface area contributed by atoms with Crippen LogP contribution in [-0.2, 0) is 19.1 Å². The number of ether oxygens (including phenoxy) is 2. The normalized spacial score (nSPS) is 15.0. The lowest BCUT2D eigenvalue weighted by molar-refractivity contribution is -0.144. The Kier molecular flexibility index (Phi) is 7.67. The number of alkyl carbamates (subject to hydrolysis) is 1. The molecule has 2 aromatic carbocycles. The third-order valence-corrected chi connectivity index (χ3v) is 5.90. The zero-order chi connectivity index (χ0) is 24.0. The summed E-state index contributed by atoms with van der Waals surface area (Å²) in [5.74, 6) is -2.34. The minimum atomic E-state index is -1.57. The standard InChI is InChI=1S/C24H28N2O7/c1-3-24(14-32-2,22(30)25-20(12-27)21(28)29)26-23(31)33-13-19-17-10-6-4-8-15(17)16-9-5-7-11-18(16)19/h4-11,19-20,27H,3,12-14H2,1-2H3,(H,25,30)(H,26,31)(H,28,29)/t20-,24?/m1/s1. The Morgan fingerprint density at radius 2 is 1.64 bits per heavy atom. The predicted octanol–water partition coefficient (Wildman–Crippen LogP) is 1.88. The molecule has 33 heavy (non-hydrogen) atoms. The molecule has 4 N–H and O–H groups in total. The number of carboxylic acid groups (broad SMARTS) is 1. The number of methoxy groups -OCH3 is 1. The molecule has 0 spiro atoms. The maximum Gasteiger partial charge on any atom is 0.408 e. The van der Waals surface area contributed by atoms with Crippen molar-refractivity contribution in [1.82, 2.24) is 10.6 Å². The average molecular weight is 456 g/mol. The highest BCUT2D eigenvalue weighted by atomic mass is 16.5. The van der Waals surface area contributed by atoms with Crippen LogP contribution >= 0.6 is 0 Å². The van der Waals surface area contributed by atoms with Crippen LogP contribution in [0.3, 0.4) is 0 Å². The van der Waals surface area contributed by atoms with Gasteiger partial charge >= 0.3 is 12.1 Å². The number of aliphatic hydroxyl groups is 1. The number of hydrogen-bond acceptors (Lipinski definition) is 6. The van der Waals surface area contributed by atoms with Crippen molar-refractivity contribution in [3.05, 3.63) is 59.7 Å². The summed E-state index contributed by atoms with van der Waals surface area (Å²) in [6, 6.07) is 14.3.